The lowest BCUT2D eigenvalue weighted by molar-refractivity contribution is -0.112. The summed E-state index contributed by atoms with van der Waals surface area (Å²) in [7, 11) is 0. The predicted molar refractivity (Wildman–Crippen MR) is 60.5 cm³/mol. The van der Waals surface area contributed by atoms with E-state index in [-0.39, 0.29) is 36.1 Å². The van der Waals surface area contributed by atoms with E-state index in [1.807, 2.05) is 4.90 Å². The van der Waals surface area contributed by atoms with Crippen LogP contribution >= 0.6 is 0 Å². The Labute approximate surface area is 97.9 Å². The smallest absolute Gasteiger partial charge is 0.123 e. The molecule has 0 aliphatic carbocycles. The van der Waals surface area contributed by atoms with Gasteiger partial charge in [-0.15, -0.1) is 0 Å². The third kappa shape index (κ3) is 2.90. The summed E-state index contributed by atoms with van der Waals surface area (Å²) in [6, 6.07) is -1.20. The molecule has 1 aromatic rings. The van der Waals surface area contributed by atoms with Gasteiger partial charge in [0.25, 0.3) is 0 Å². The lowest BCUT2D eigenvalue weighted by Crippen LogP contribution is -2.33. The van der Waals surface area contributed by atoms with Gasteiger partial charge < -0.3 is 4.79 Å². The fourth-order valence-corrected chi connectivity index (χ4v) is 1.83. The lowest BCUT2D eigenvalue weighted by atomic mass is 9.98. The maximum Gasteiger partial charge on any atom is 0.123 e. The molecular weight excluding hydrogens is 186 g/mol. The van der Waals surface area contributed by atoms with Gasteiger partial charge in [-0.1, -0.05) is 30.2 Å². The molecule has 1 fully saturated rings. The largest absolute Gasteiger partial charge is 0.303 e. The van der Waals surface area contributed by atoms with Gasteiger partial charge in [0.15, 0.2) is 0 Å². The Balaban J connectivity index is 2.20. The average Bonchev–Trinajstić information content (AvgIpc) is 2.48. The molecule has 2 nitrogen and oxygen atoms in total. The molecule has 0 unspecified atom stereocenters. The summed E-state index contributed by atoms with van der Waals surface area (Å²) >= 11 is 0. The van der Waals surface area contributed by atoms with E-state index in [4.69, 9.17) is 6.85 Å². The van der Waals surface area contributed by atoms with Crippen LogP contribution in [0.1, 0.15) is 25.3 Å². The zero-order chi connectivity index (χ0) is 14.9. The van der Waals surface area contributed by atoms with Gasteiger partial charge >= 0.3 is 0 Å². The van der Waals surface area contributed by atoms with Gasteiger partial charge in [0.2, 0.25) is 0 Å². The molecule has 1 aliphatic heterocycles. The zero-order valence-corrected chi connectivity index (χ0v) is 8.55. The number of hydrogen-bond acceptors (Lipinski definition) is 2. The fraction of sp³-hybridized carbons (Fsp3) is 0.462. The second kappa shape index (κ2) is 5.08. The van der Waals surface area contributed by atoms with Crippen LogP contribution in [0, 0.1) is 5.92 Å². The summed E-state index contributed by atoms with van der Waals surface area (Å²) in [5, 5.41) is 0. The second-order valence-electron chi connectivity index (χ2n) is 3.85. The average molecular weight is 208 g/mol. The number of aldehydes is 1. The van der Waals surface area contributed by atoms with Crippen LogP contribution in [0.4, 0.5) is 0 Å². The minimum absolute atomic E-state index is 0.0892. The van der Waals surface area contributed by atoms with E-state index >= 15 is 0 Å². The van der Waals surface area contributed by atoms with Crippen LogP contribution in [0.3, 0.4) is 0 Å². The molecule has 0 amide bonds. The number of rotatable bonds is 3. The van der Waals surface area contributed by atoms with Crippen molar-refractivity contribution in [1.29, 1.82) is 0 Å². The summed E-state index contributed by atoms with van der Waals surface area (Å²) in [5.41, 5.74) is 0.334. The maximum atomic E-state index is 10.7. The SMILES string of the molecule is [2H]c1c([2H])c([2H])c(CN2CCC(C=O)CC2)c([2H])c1[2H]. The van der Waals surface area contributed by atoms with Crippen LogP contribution in [0.5, 0.6) is 0 Å². The van der Waals surface area contributed by atoms with Crippen molar-refractivity contribution in [3.8, 4) is 0 Å². The molecule has 1 heterocycles. The van der Waals surface area contributed by atoms with Crippen LogP contribution in [0.25, 0.3) is 0 Å². The zero-order valence-electron chi connectivity index (χ0n) is 13.5. The van der Waals surface area contributed by atoms with E-state index in [2.05, 4.69) is 0 Å². The number of piperidine rings is 1. The van der Waals surface area contributed by atoms with Crippen LogP contribution in [-0.2, 0) is 11.3 Å². The van der Waals surface area contributed by atoms with Crippen molar-refractivity contribution in [3.05, 3.63) is 35.8 Å². The van der Waals surface area contributed by atoms with E-state index in [9.17, 15) is 4.79 Å². The first-order valence-corrected chi connectivity index (χ1v) is 5.19. The van der Waals surface area contributed by atoms with Crippen LogP contribution < -0.4 is 0 Å². The summed E-state index contributed by atoms with van der Waals surface area (Å²) < 4.78 is 38.6. The monoisotopic (exact) mass is 208 g/mol. The molecule has 2 heteroatoms. The van der Waals surface area contributed by atoms with Crippen molar-refractivity contribution >= 4 is 6.29 Å². The van der Waals surface area contributed by atoms with Crippen molar-refractivity contribution in [1.82, 2.24) is 4.90 Å². The highest BCUT2D eigenvalue weighted by Crippen LogP contribution is 2.16. The molecule has 1 aliphatic rings. The van der Waals surface area contributed by atoms with Crippen molar-refractivity contribution in [2.24, 2.45) is 5.92 Å². The van der Waals surface area contributed by atoms with Gasteiger partial charge in [-0.3, -0.25) is 4.90 Å². The Morgan fingerprint density at radius 3 is 2.60 bits per heavy atom. The lowest BCUT2D eigenvalue weighted by Gasteiger charge is -2.29. The van der Waals surface area contributed by atoms with E-state index in [1.165, 1.54) is 0 Å². The quantitative estimate of drug-likeness (QED) is 0.709. The molecule has 0 spiro atoms. The van der Waals surface area contributed by atoms with E-state index in [1.54, 1.807) is 0 Å². The summed E-state index contributed by atoms with van der Waals surface area (Å²) in [4.78, 5) is 12.7. The normalized spacial score (nSPS) is 23.6. The van der Waals surface area contributed by atoms with Gasteiger partial charge in [0.05, 0.1) is 6.85 Å². The number of benzene rings is 1. The number of likely N-dealkylation sites (tertiary alicyclic amines) is 1. The number of nitrogens with zero attached hydrogens (tertiary/aromatic N) is 1. The number of hydrogen-bond donors (Lipinski definition) is 0. The minimum atomic E-state index is -0.358. The Morgan fingerprint density at radius 2 is 2.00 bits per heavy atom. The predicted octanol–water partition coefficient (Wildman–Crippen LogP) is 2.10. The molecule has 1 saturated heterocycles. The first-order chi connectivity index (χ1) is 9.45. The minimum Gasteiger partial charge on any atom is -0.303 e. The van der Waals surface area contributed by atoms with Crippen molar-refractivity contribution in [2.45, 2.75) is 19.4 Å². The molecule has 0 N–H and O–H groups in total. The molecule has 0 radical (unpaired) electrons. The van der Waals surface area contributed by atoms with Gasteiger partial charge in [0, 0.05) is 12.5 Å². The molecule has 0 saturated carbocycles. The molecule has 1 aromatic carbocycles. The van der Waals surface area contributed by atoms with E-state index in [0.717, 1.165) is 19.1 Å². The third-order valence-electron chi connectivity index (χ3n) is 2.76. The second-order valence-corrected chi connectivity index (χ2v) is 3.85. The summed E-state index contributed by atoms with van der Waals surface area (Å²) in [5.74, 6) is 0.0892. The third-order valence-corrected chi connectivity index (χ3v) is 2.76. The summed E-state index contributed by atoms with van der Waals surface area (Å²) in [6.45, 7) is 1.76. The highest BCUT2D eigenvalue weighted by Gasteiger charge is 2.18. The van der Waals surface area contributed by atoms with Crippen LogP contribution in [0.15, 0.2) is 30.2 Å². The highest BCUT2D eigenvalue weighted by molar-refractivity contribution is 5.53. The van der Waals surface area contributed by atoms with Gasteiger partial charge in [0.1, 0.15) is 6.29 Å². The highest BCUT2D eigenvalue weighted by atomic mass is 16.1. The van der Waals surface area contributed by atoms with Crippen LogP contribution in [-0.4, -0.2) is 24.3 Å². The molecular formula is C13H17NO. The van der Waals surface area contributed by atoms with Crippen LogP contribution in [0.2, 0.25) is 0 Å². The van der Waals surface area contributed by atoms with Gasteiger partial charge in [-0.2, -0.15) is 0 Å². The van der Waals surface area contributed by atoms with E-state index in [0.29, 0.717) is 25.2 Å². The first-order valence-electron chi connectivity index (χ1n) is 7.69. The Morgan fingerprint density at radius 1 is 1.33 bits per heavy atom. The molecule has 80 valence electrons. The standard InChI is InChI=1S/C13H17NO/c15-11-13-6-8-14(9-7-13)10-12-4-2-1-3-5-12/h1-5,11,13H,6-10H2/i1D,2D,3D,4D,5D. The first kappa shape index (κ1) is 5.80. The maximum absolute atomic E-state index is 10.7. The molecule has 0 bridgehead atoms. The van der Waals surface area contributed by atoms with Crippen molar-refractivity contribution in [3.63, 3.8) is 0 Å². The molecule has 15 heavy (non-hydrogen) atoms. The van der Waals surface area contributed by atoms with E-state index < -0.39 is 0 Å². The Bertz CT molecular complexity index is 497. The summed E-state index contributed by atoms with van der Waals surface area (Å²) in [6.07, 6.45) is 2.51. The number of carbonyl (C=O) groups is 1. The molecule has 2 rings (SSSR count). The van der Waals surface area contributed by atoms with Gasteiger partial charge in [-0.05, 0) is 31.5 Å². The number of carbonyl (C=O) groups excluding carboxylic acids is 1. The van der Waals surface area contributed by atoms with Crippen molar-refractivity contribution in [2.75, 3.05) is 13.1 Å². The molecule has 0 aromatic heterocycles. The topological polar surface area (TPSA) is 20.3 Å². The Hall–Kier alpha value is -1.15. The fourth-order valence-electron chi connectivity index (χ4n) is 1.83. The van der Waals surface area contributed by atoms with Gasteiger partial charge in [-0.25, -0.2) is 0 Å². The van der Waals surface area contributed by atoms with Crippen molar-refractivity contribution < 1.29 is 11.6 Å². The Kier molecular flexibility index (Phi) is 1.96. The molecule has 0 atom stereocenters.